The van der Waals surface area contributed by atoms with Crippen molar-refractivity contribution in [2.75, 3.05) is 14.1 Å². The fraction of sp³-hybridized carbons (Fsp3) is 0.278. The van der Waals surface area contributed by atoms with Gasteiger partial charge in [0.15, 0.2) is 0 Å². The maximum absolute atomic E-state index is 14.4. The van der Waals surface area contributed by atoms with Gasteiger partial charge in [-0.15, -0.1) is 0 Å². The molecular weight excluding hydrogens is 345 g/mol. The lowest BCUT2D eigenvalue weighted by Gasteiger charge is -2.31. The molecule has 1 aromatic carbocycles. The van der Waals surface area contributed by atoms with Gasteiger partial charge in [-0.1, -0.05) is 23.7 Å². The Kier molecular flexibility index (Phi) is 6.09. The number of carbonyl (C=O) groups is 2. The van der Waals surface area contributed by atoms with Crippen LogP contribution in [-0.4, -0.2) is 40.7 Å². The zero-order valence-electron chi connectivity index (χ0n) is 14.2. The molecule has 0 saturated heterocycles. The van der Waals surface area contributed by atoms with Gasteiger partial charge in [-0.2, -0.15) is 0 Å². The van der Waals surface area contributed by atoms with Crippen LogP contribution in [-0.2, 0) is 16.1 Å². The largest absolute Gasteiger partial charge is 0.338 e. The molecule has 0 spiro atoms. The smallest absolute Gasteiger partial charge is 0.250 e. The molecule has 132 valence electrons. The summed E-state index contributed by atoms with van der Waals surface area (Å²) < 4.78 is 14.4. The van der Waals surface area contributed by atoms with Crippen molar-refractivity contribution in [3.63, 3.8) is 0 Å². The molecule has 0 aliphatic carbocycles. The summed E-state index contributed by atoms with van der Waals surface area (Å²) in [4.78, 5) is 31.6. The second-order valence-corrected chi connectivity index (χ2v) is 6.09. The van der Waals surface area contributed by atoms with Crippen LogP contribution in [0.25, 0.3) is 0 Å². The zero-order chi connectivity index (χ0) is 18.6. The second kappa shape index (κ2) is 8.07. The van der Waals surface area contributed by atoms with E-state index in [2.05, 4.69) is 4.98 Å². The monoisotopic (exact) mass is 363 g/mol. The molecule has 2 rings (SSSR count). The van der Waals surface area contributed by atoms with Crippen molar-refractivity contribution in [1.29, 1.82) is 0 Å². The Hall–Kier alpha value is -2.47. The van der Waals surface area contributed by atoms with E-state index in [1.54, 1.807) is 25.4 Å². The molecule has 0 N–H and O–H groups in total. The molecule has 1 aromatic heterocycles. The molecule has 2 aromatic rings. The molecule has 0 fully saturated rings. The lowest BCUT2D eigenvalue weighted by molar-refractivity contribution is -0.143. The van der Waals surface area contributed by atoms with Gasteiger partial charge in [-0.25, -0.2) is 4.39 Å². The Morgan fingerprint density at radius 2 is 1.92 bits per heavy atom. The van der Waals surface area contributed by atoms with Gasteiger partial charge < -0.3 is 9.80 Å². The van der Waals surface area contributed by atoms with Gasteiger partial charge >= 0.3 is 0 Å². The number of rotatable bonds is 5. The summed E-state index contributed by atoms with van der Waals surface area (Å²) in [5, 5.41) is 0.0951. The van der Waals surface area contributed by atoms with E-state index >= 15 is 0 Å². The van der Waals surface area contributed by atoms with Gasteiger partial charge in [0.05, 0.1) is 12.2 Å². The van der Waals surface area contributed by atoms with Crippen molar-refractivity contribution in [3.8, 4) is 0 Å². The first-order valence-corrected chi connectivity index (χ1v) is 8.03. The Labute approximate surface area is 151 Å². The fourth-order valence-corrected chi connectivity index (χ4v) is 2.72. The van der Waals surface area contributed by atoms with Crippen molar-refractivity contribution in [2.45, 2.75) is 19.5 Å². The SMILES string of the molecule is CC(=O)N(C)C(C(=O)N(C)Cc1ccccn1)c1c(F)cccc1Cl. The third kappa shape index (κ3) is 4.33. The van der Waals surface area contributed by atoms with E-state index < -0.39 is 17.8 Å². The van der Waals surface area contributed by atoms with E-state index in [9.17, 15) is 14.0 Å². The van der Waals surface area contributed by atoms with E-state index in [4.69, 9.17) is 11.6 Å². The predicted octanol–water partition coefficient (Wildman–Crippen LogP) is 3.05. The van der Waals surface area contributed by atoms with Gasteiger partial charge in [-0.05, 0) is 24.3 Å². The lowest BCUT2D eigenvalue weighted by atomic mass is 10.0. The first-order chi connectivity index (χ1) is 11.8. The van der Waals surface area contributed by atoms with Crippen LogP contribution in [0.15, 0.2) is 42.6 Å². The van der Waals surface area contributed by atoms with Crippen LogP contribution in [0.5, 0.6) is 0 Å². The van der Waals surface area contributed by atoms with E-state index in [1.807, 2.05) is 6.07 Å². The number of carbonyl (C=O) groups excluding carboxylic acids is 2. The minimum absolute atomic E-state index is 0.0141. The van der Waals surface area contributed by atoms with Gasteiger partial charge in [-0.3, -0.25) is 14.6 Å². The van der Waals surface area contributed by atoms with Gasteiger partial charge in [0.25, 0.3) is 0 Å². The van der Waals surface area contributed by atoms with Crippen LogP contribution in [0.1, 0.15) is 24.2 Å². The van der Waals surface area contributed by atoms with Crippen LogP contribution in [0.3, 0.4) is 0 Å². The molecule has 25 heavy (non-hydrogen) atoms. The van der Waals surface area contributed by atoms with Gasteiger partial charge in [0.1, 0.15) is 11.9 Å². The van der Waals surface area contributed by atoms with E-state index in [0.717, 1.165) is 0 Å². The molecule has 5 nitrogen and oxygen atoms in total. The van der Waals surface area contributed by atoms with Crippen molar-refractivity contribution >= 4 is 23.4 Å². The number of aromatic nitrogens is 1. The summed E-state index contributed by atoms with van der Waals surface area (Å²) in [6.07, 6.45) is 1.63. The van der Waals surface area contributed by atoms with Crippen LogP contribution in [0, 0.1) is 5.82 Å². The molecule has 7 heteroatoms. The molecule has 0 radical (unpaired) electrons. The number of halogens is 2. The Bertz CT molecular complexity index is 750. The van der Waals surface area contributed by atoms with Crippen LogP contribution in [0.4, 0.5) is 4.39 Å². The van der Waals surface area contributed by atoms with E-state index in [1.165, 1.54) is 42.0 Å². The maximum Gasteiger partial charge on any atom is 0.250 e. The molecular formula is C18H19ClFN3O2. The molecule has 0 bridgehead atoms. The first-order valence-electron chi connectivity index (χ1n) is 7.65. The van der Waals surface area contributed by atoms with Crippen molar-refractivity contribution < 1.29 is 14.0 Å². The molecule has 2 amide bonds. The predicted molar refractivity (Wildman–Crippen MR) is 93.3 cm³/mol. The second-order valence-electron chi connectivity index (χ2n) is 5.68. The number of likely N-dealkylation sites (N-methyl/N-ethyl adjacent to an activating group) is 2. The minimum atomic E-state index is -1.15. The van der Waals surface area contributed by atoms with Gasteiger partial charge in [0, 0.05) is 37.8 Å². The number of hydrogen-bond acceptors (Lipinski definition) is 3. The van der Waals surface area contributed by atoms with E-state index in [0.29, 0.717) is 5.69 Å². The number of nitrogens with zero attached hydrogens (tertiary/aromatic N) is 3. The maximum atomic E-state index is 14.4. The van der Waals surface area contributed by atoms with Crippen LogP contribution < -0.4 is 0 Å². The highest BCUT2D eigenvalue weighted by Gasteiger charge is 2.33. The summed E-state index contributed by atoms with van der Waals surface area (Å²) in [5.74, 6) is -1.45. The molecule has 1 atom stereocenters. The number of hydrogen-bond donors (Lipinski definition) is 0. The lowest BCUT2D eigenvalue weighted by Crippen LogP contribution is -2.42. The number of amides is 2. The summed E-state index contributed by atoms with van der Waals surface area (Å²) in [6, 6.07) is 8.38. The molecule has 1 heterocycles. The van der Waals surface area contributed by atoms with Crippen molar-refractivity contribution in [1.82, 2.24) is 14.8 Å². The highest BCUT2D eigenvalue weighted by atomic mass is 35.5. The van der Waals surface area contributed by atoms with E-state index in [-0.39, 0.29) is 23.0 Å². The van der Waals surface area contributed by atoms with Crippen LogP contribution in [0.2, 0.25) is 5.02 Å². The number of benzene rings is 1. The fourth-order valence-electron chi connectivity index (χ4n) is 2.46. The average molecular weight is 364 g/mol. The molecule has 0 aliphatic heterocycles. The Morgan fingerprint density at radius 3 is 2.48 bits per heavy atom. The Morgan fingerprint density at radius 1 is 1.20 bits per heavy atom. The molecule has 0 saturated carbocycles. The Balaban J connectivity index is 2.38. The average Bonchev–Trinajstić information content (AvgIpc) is 2.58. The van der Waals surface area contributed by atoms with Crippen molar-refractivity contribution in [2.24, 2.45) is 0 Å². The quantitative estimate of drug-likeness (QED) is 0.820. The first kappa shape index (κ1) is 18.9. The van der Waals surface area contributed by atoms with Crippen molar-refractivity contribution in [3.05, 3.63) is 64.7 Å². The minimum Gasteiger partial charge on any atom is -0.338 e. The third-order valence-corrected chi connectivity index (χ3v) is 4.22. The summed E-state index contributed by atoms with van der Waals surface area (Å²) in [5.41, 5.74) is 0.668. The standard InChI is InChI=1S/C18H19ClFN3O2/c1-12(24)23(3)17(16-14(19)8-6-9-15(16)20)18(25)22(2)11-13-7-4-5-10-21-13/h4-10,17H,11H2,1-3H3. The summed E-state index contributed by atoms with van der Waals surface area (Å²) >= 11 is 6.12. The molecule has 1 unspecified atom stereocenters. The van der Waals surface area contributed by atoms with Crippen LogP contribution >= 0.6 is 11.6 Å². The highest BCUT2D eigenvalue weighted by Crippen LogP contribution is 2.31. The molecule has 0 aliphatic rings. The highest BCUT2D eigenvalue weighted by molar-refractivity contribution is 6.31. The summed E-state index contributed by atoms with van der Waals surface area (Å²) in [6.45, 7) is 1.54. The normalized spacial score (nSPS) is 11.7. The zero-order valence-corrected chi connectivity index (χ0v) is 15.0. The summed E-state index contributed by atoms with van der Waals surface area (Å²) in [7, 11) is 3.02. The number of pyridine rings is 1. The third-order valence-electron chi connectivity index (χ3n) is 3.89. The van der Waals surface area contributed by atoms with Gasteiger partial charge in [0.2, 0.25) is 11.8 Å². The topological polar surface area (TPSA) is 53.5 Å².